The molecule has 0 amide bonds. The number of carbonyl (C=O) groups is 1. The van der Waals surface area contributed by atoms with Crippen molar-refractivity contribution in [3.8, 4) is 10.6 Å². The fraction of sp³-hybridized carbons (Fsp3) is 0.0909. The van der Waals surface area contributed by atoms with Crippen molar-refractivity contribution in [2.24, 2.45) is 0 Å². The van der Waals surface area contributed by atoms with Crippen molar-refractivity contribution in [2.75, 3.05) is 7.11 Å². The molecule has 0 atom stereocenters. The van der Waals surface area contributed by atoms with Crippen molar-refractivity contribution in [1.82, 2.24) is 4.98 Å². The lowest BCUT2D eigenvalue weighted by Gasteiger charge is -1.99. The smallest absolute Gasteiger partial charge is 0.357 e. The lowest BCUT2D eigenvalue weighted by molar-refractivity contribution is -0.384. The number of thiazole rings is 1. The summed E-state index contributed by atoms with van der Waals surface area (Å²) >= 11 is 1.04. The standard InChI is InChI=1S/C11H7FN2O4S/c1-18-11(15)8-5-19-10(13-8)7-3-2-6(12)4-9(7)14(16)17/h2-5H,1H3. The maximum atomic E-state index is 13.0. The Morgan fingerprint density at radius 2 is 2.26 bits per heavy atom. The van der Waals surface area contributed by atoms with Gasteiger partial charge in [-0.15, -0.1) is 11.3 Å². The fourth-order valence-electron chi connectivity index (χ4n) is 1.43. The number of rotatable bonds is 3. The molecule has 0 bridgehead atoms. The summed E-state index contributed by atoms with van der Waals surface area (Å²) in [6, 6.07) is 3.17. The van der Waals surface area contributed by atoms with Gasteiger partial charge in [0.1, 0.15) is 10.8 Å². The molecule has 1 aromatic heterocycles. The van der Waals surface area contributed by atoms with E-state index in [4.69, 9.17) is 0 Å². The number of benzene rings is 1. The molecule has 0 spiro atoms. The Morgan fingerprint density at radius 3 is 2.89 bits per heavy atom. The van der Waals surface area contributed by atoms with Crippen molar-refractivity contribution in [3.05, 3.63) is 45.2 Å². The Balaban J connectivity index is 2.50. The van der Waals surface area contributed by atoms with Crippen LogP contribution in [0.4, 0.5) is 10.1 Å². The molecule has 2 rings (SSSR count). The zero-order chi connectivity index (χ0) is 14.0. The number of nitrogens with zero attached hydrogens (tertiary/aromatic N) is 2. The summed E-state index contributed by atoms with van der Waals surface area (Å²) in [5, 5.41) is 12.5. The van der Waals surface area contributed by atoms with Gasteiger partial charge in [-0.25, -0.2) is 14.2 Å². The third kappa shape index (κ3) is 2.58. The van der Waals surface area contributed by atoms with Crippen LogP contribution in [-0.2, 0) is 4.74 Å². The minimum atomic E-state index is -0.708. The van der Waals surface area contributed by atoms with Crippen molar-refractivity contribution >= 4 is 23.0 Å². The van der Waals surface area contributed by atoms with Gasteiger partial charge in [0.25, 0.3) is 5.69 Å². The molecule has 8 heteroatoms. The molecule has 1 heterocycles. The number of nitro groups is 1. The molecule has 0 unspecified atom stereocenters. The van der Waals surface area contributed by atoms with Crippen LogP contribution in [0.15, 0.2) is 23.6 Å². The second kappa shape index (κ2) is 5.11. The predicted molar refractivity (Wildman–Crippen MR) is 65.5 cm³/mol. The highest BCUT2D eigenvalue weighted by Crippen LogP contribution is 2.32. The molecule has 0 N–H and O–H groups in total. The van der Waals surface area contributed by atoms with Crippen LogP contribution in [0.3, 0.4) is 0 Å². The van der Waals surface area contributed by atoms with E-state index in [0.717, 1.165) is 23.5 Å². The quantitative estimate of drug-likeness (QED) is 0.491. The van der Waals surface area contributed by atoms with E-state index in [0.29, 0.717) is 0 Å². The Labute approximate surface area is 110 Å². The highest BCUT2D eigenvalue weighted by atomic mass is 32.1. The molecular formula is C11H7FN2O4S. The summed E-state index contributed by atoms with van der Waals surface area (Å²) in [6.45, 7) is 0. The molecule has 1 aromatic carbocycles. The Bertz CT molecular complexity index is 656. The number of ether oxygens (including phenoxy) is 1. The van der Waals surface area contributed by atoms with Crippen molar-refractivity contribution in [1.29, 1.82) is 0 Å². The molecular weight excluding hydrogens is 275 g/mol. The molecule has 0 aliphatic rings. The zero-order valence-corrected chi connectivity index (χ0v) is 10.4. The van der Waals surface area contributed by atoms with Gasteiger partial charge in [-0.3, -0.25) is 10.1 Å². The van der Waals surface area contributed by atoms with E-state index in [9.17, 15) is 19.3 Å². The first-order valence-electron chi connectivity index (χ1n) is 5.01. The molecule has 19 heavy (non-hydrogen) atoms. The number of halogens is 1. The number of esters is 1. The third-order valence-electron chi connectivity index (χ3n) is 2.29. The van der Waals surface area contributed by atoms with Crippen LogP contribution in [0.1, 0.15) is 10.5 Å². The Morgan fingerprint density at radius 1 is 1.53 bits per heavy atom. The predicted octanol–water partition coefficient (Wildman–Crippen LogP) is 2.64. The maximum absolute atomic E-state index is 13.0. The first kappa shape index (κ1) is 13.1. The van der Waals surface area contributed by atoms with Crippen LogP contribution in [0, 0.1) is 15.9 Å². The first-order valence-corrected chi connectivity index (χ1v) is 5.89. The normalized spacial score (nSPS) is 10.2. The molecule has 0 saturated carbocycles. The average Bonchev–Trinajstić information content (AvgIpc) is 2.87. The lowest BCUT2D eigenvalue weighted by Crippen LogP contribution is -2.01. The number of nitro benzene ring substituents is 1. The Kier molecular flexibility index (Phi) is 3.52. The number of aromatic nitrogens is 1. The fourth-order valence-corrected chi connectivity index (χ4v) is 2.26. The summed E-state index contributed by atoms with van der Waals surface area (Å²) in [4.78, 5) is 25.4. The van der Waals surface area contributed by atoms with Crippen molar-refractivity contribution in [3.63, 3.8) is 0 Å². The largest absolute Gasteiger partial charge is 0.464 e. The minimum Gasteiger partial charge on any atom is -0.464 e. The molecule has 0 aliphatic carbocycles. The van der Waals surface area contributed by atoms with Crippen LogP contribution in [0.25, 0.3) is 10.6 Å². The van der Waals surface area contributed by atoms with E-state index in [2.05, 4.69) is 9.72 Å². The first-order chi connectivity index (χ1) is 9.02. The monoisotopic (exact) mass is 282 g/mol. The number of hydrogen-bond acceptors (Lipinski definition) is 6. The molecule has 2 aromatic rings. The highest BCUT2D eigenvalue weighted by Gasteiger charge is 2.20. The van der Waals surface area contributed by atoms with Crippen LogP contribution in [0.2, 0.25) is 0 Å². The number of methoxy groups -OCH3 is 1. The highest BCUT2D eigenvalue weighted by molar-refractivity contribution is 7.13. The maximum Gasteiger partial charge on any atom is 0.357 e. The van der Waals surface area contributed by atoms with Crippen LogP contribution < -0.4 is 0 Å². The van der Waals surface area contributed by atoms with Crippen LogP contribution in [0.5, 0.6) is 0 Å². The summed E-state index contributed by atoms with van der Waals surface area (Å²) in [6.07, 6.45) is 0. The van der Waals surface area contributed by atoms with E-state index >= 15 is 0 Å². The van der Waals surface area contributed by atoms with Crippen molar-refractivity contribution < 1.29 is 18.8 Å². The molecule has 0 aliphatic heterocycles. The molecule has 6 nitrogen and oxygen atoms in total. The SMILES string of the molecule is COC(=O)c1csc(-c2ccc(F)cc2[N+](=O)[O-])n1. The molecule has 98 valence electrons. The van der Waals surface area contributed by atoms with Gasteiger partial charge in [-0.1, -0.05) is 0 Å². The number of carbonyl (C=O) groups excluding carboxylic acids is 1. The second-order valence-electron chi connectivity index (χ2n) is 3.45. The van der Waals surface area contributed by atoms with E-state index in [1.807, 2.05) is 0 Å². The molecule has 0 saturated heterocycles. The van der Waals surface area contributed by atoms with Gasteiger partial charge in [0.2, 0.25) is 0 Å². The van der Waals surface area contributed by atoms with E-state index in [1.165, 1.54) is 18.6 Å². The van der Waals surface area contributed by atoms with E-state index in [-0.39, 0.29) is 16.3 Å². The third-order valence-corrected chi connectivity index (χ3v) is 3.16. The lowest BCUT2D eigenvalue weighted by atomic mass is 10.2. The Hall–Kier alpha value is -2.35. The molecule has 0 fully saturated rings. The van der Waals surface area contributed by atoms with E-state index < -0.39 is 22.4 Å². The van der Waals surface area contributed by atoms with Crippen LogP contribution >= 0.6 is 11.3 Å². The minimum absolute atomic E-state index is 0.0566. The van der Waals surface area contributed by atoms with Gasteiger partial charge in [0, 0.05) is 5.38 Å². The van der Waals surface area contributed by atoms with Gasteiger partial charge < -0.3 is 4.74 Å². The summed E-state index contributed by atoms with van der Waals surface area (Å²) in [7, 11) is 1.21. The van der Waals surface area contributed by atoms with Crippen LogP contribution in [-0.4, -0.2) is 23.0 Å². The molecule has 0 radical (unpaired) electrons. The van der Waals surface area contributed by atoms with Gasteiger partial charge >= 0.3 is 5.97 Å². The van der Waals surface area contributed by atoms with Crippen molar-refractivity contribution in [2.45, 2.75) is 0 Å². The second-order valence-corrected chi connectivity index (χ2v) is 4.31. The number of hydrogen-bond donors (Lipinski definition) is 0. The summed E-state index contributed by atoms with van der Waals surface area (Å²) < 4.78 is 17.5. The van der Waals surface area contributed by atoms with Gasteiger partial charge in [0.05, 0.1) is 23.7 Å². The van der Waals surface area contributed by atoms with Gasteiger partial charge in [-0.05, 0) is 12.1 Å². The topological polar surface area (TPSA) is 82.3 Å². The zero-order valence-electron chi connectivity index (χ0n) is 9.62. The summed E-state index contributed by atoms with van der Waals surface area (Å²) in [5.74, 6) is -1.34. The van der Waals surface area contributed by atoms with E-state index in [1.54, 1.807) is 0 Å². The van der Waals surface area contributed by atoms with Gasteiger partial charge in [0.15, 0.2) is 5.69 Å². The average molecular weight is 282 g/mol. The van der Waals surface area contributed by atoms with Gasteiger partial charge in [-0.2, -0.15) is 0 Å². The summed E-state index contributed by atoms with van der Waals surface area (Å²) in [5.41, 5.74) is -0.182.